The summed E-state index contributed by atoms with van der Waals surface area (Å²) in [5.41, 5.74) is 0.658. The Bertz CT molecular complexity index is 489. The van der Waals surface area contributed by atoms with Crippen molar-refractivity contribution in [3.63, 3.8) is 0 Å². The van der Waals surface area contributed by atoms with E-state index in [0.717, 1.165) is 12.3 Å². The fourth-order valence-electron chi connectivity index (χ4n) is 1.90. The molecule has 1 amide bonds. The third-order valence-electron chi connectivity index (χ3n) is 2.92. The smallest absolute Gasteiger partial charge is 0.326 e. The summed E-state index contributed by atoms with van der Waals surface area (Å²) < 4.78 is 12.8. The largest absolute Gasteiger partial charge is 0.480 e. The van der Waals surface area contributed by atoms with E-state index < -0.39 is 17.4 Å². The Morgan fingerprint density at radius 2 is 2.15 bits per heavy atom. The van der Waals surface area contributed by atoms with Crippen molar-refractivity contribution >= 4 is 23.6 Å². The van der Waals surface area contributed by atoms with Gasteiger partial charge in [-0.1, -0.05) is 12.1 Å². The van der Waals surface area contributed by atoms with Crippen LogP contribution in [0.5, 0.6) is 0 Å². The molecule has 1 saturated heterocycles. The predicted molar refractivity (Wildman–Crippen MR) is 73.9 cm³/mol. The summed E-state index contributed by atoms with van der Waals surface area (Å²) in [4.78, 5) is 23.1. The molecule has 0 unspecified atom stereocenters. The highest BCUT2D eigenvalue weighted by Crippen LogP contribution is 2.14. The number of nitrogens with one attached hydrogen (secondary N) is 2. The fraction of sp³-hybridized carbons (Fsp3) is 0.385. The minimum Gasteiger partial charge on any atom is -0.480 e. The highest BCUT2D eigenvalue weighted by atomic mass is 32.2. The third-order valence-corrected chi connectivity index (χ3v) is 4.08. The molecule has 1 fully saturated rings. The summed E-state index contributed by atoms with van der Waals surface area (Å²) in [6, 6.07) is 4.55. The molecule has 1 aliphatic heterocycles. The van der Waals surface area contributed by atoms with E-state index >= 15 is 0 Å². The molecule has 1 aromatic rings. The highest BCUT2D eigenvalue weighted by molar-refractivity contribution is 8.00. The van der Waals surface area contributed by atoms with Crippen molar-refractivity contribution in [2.45, 2.75) is 17.8 Å². The van der Waals surface area contributed by atoms with Gasteiger partial charge in [-0.2, -0.15) is 0 Å². The molecule has 0 aromatic heterocycles. The maximum absolute atomic E-state index is 12.8. The van der Waals surface area contributed by atoms with Gasteiger partial charge in [0.05, 0.1) is 0 Å². The van der Waals surface area contributed by atoms with Crippen molar-refractivity contribution in [3.05, 3.63) is 35.6 Å². The highest BCUT2D eigenvalue weighted by Gasteiger charge is 2.27. The zero-order valence-electron chi connectivity index (χ0n) is 10.6. The van der Waals surface area contributed by atoms with Gasteiger partial charge >= 0.3 is 5.97 Å². The number of amides is 1. The van der Waals surface area contributed by atoms with E-state index in [-0.39, 0.29) is 18.1 Å². The summed E-state index contributed by atoms with van der Waals surface area (Å²) in [5.74, 6) is -0.989. The normalized spacial score (nSPS) is 19.6. The van der Waals surface area contributed by atoms with Crippen LogP contribution in [0.3, 0.4) is 0 Å². The van der Waals surface area contributed by atoms with Crippen molar-refractivity contribution in [1.29, 1.82) is 0 Å². The Balaban J connectivity index is 1.98. The molecule has 0 aliphatic carbocycles. The molecule has 3 N–H and O–H groups in total. The van der Waals surface area contributed by atoms with Gasteiger partial charge in [0, 0.05) is 18.7 Å². The van der Waals surface area contributed by atoms with Gasteiger partial charge in [-0.05, 0) is 17.7 Å². The van der Waals surface area contributed by atoms with E-state index in [0.29, 0.717) is 5.56 Å². The van der Waals surface area contributed by atoms with Gasteiger partial charge in [-0.15, -0.1) is 11.8 Å². The van der Waals surface area contributed by atoms with Crippen molar-refractivity contribution in [2.24, 2.45) is 0 Å². The lowest BCUT2D eigenvalue weighted by Crippen LogP contribution is -2.48. The van der Waals surface area contributed by atoms with Crippen LogP contribution in [0.1, 0.15) is 5.56 Å². The van der Waals surface area contributed by atoms with Crippen LogP contribution in [-0.2, 0) is 16.0 Å². The molecular formula is C13H15FN2O3S. The lowest BCUT2D eigenvalue weighted by molar-refractivity contribution is -0.141. The summed E-state index contributed by atoms with van der Waals surface area (Å²) in [7, 11) is 0. The van der Waals surface area contributed by atoms with E-state index in [2.05, 4.69) is 10.6 Å². The van der Waals surface area contributed by atoms with Gasteiger partial charge in [-0.25, -0.2) is 9.18 Å². The van der Waals surface area contributed by atoms with Crippen LogP contribution < -0.4 is 10.6 Å². The molecule has 1 heterocycles. The van der Waals surface area contributed by atoms with Crippen LogP contribution in [0.4, 0.5) is 4.39 Å². The first-order valence-electron chi connectivity index (χ1n) is 6.19. The number of thioether (sulfide) groups is 1. The summed E-state index contributed by atoms with van der Waals surface area (Å²) in [6.45, 7) is 0.735. The van der Waals surface area contributed by atoms with Crippen LogP contribution in [0.15, 0.2) is 24.3 Å². The van der Waals surface area contributed by atoms with Crippen molar-refractivity contribution < 1.29 is 19.1 Å². The van der Waals surface area contributed by atoms with Crippen molar-refractivity contribution in [2.75, 3.05) is 12.3 Å². The SMILES string of the molecule is O=C(O)[C@H](Cc1ccc(F)cc1)NC(=O)[C@H]1NCCS1. The second-order valence-corrected chi connectivity index (χ2v) is 5.65. The molecule has 5 nitrogen and oxygen atoms in total. The number of carboxylic acid groups (broad SMARTS) is 1. The predicted octanol–water partition coefficient (Wildman–Crippen LogP) is 0.600. The molecule has 7 heteroatoms. The van der Waals surface area contributed by atoms with E-state index in [4.69, 9.17) is 5.11 Å². The van der Waals surface area contributed by atoms with Gasteiger partial charge in [0.25, 0.3) is 0 Å². The van der Waals surface area contributed by atoms with Gasteiger partial charge in [-0.3, -0.25) is 10.1 Å². The van der Waals surface area contributed by atoms with Gasteiger partial charge in [0.2, 0.25) is 5.91 Å². The molecule has 0 saturated carbocycles. The first kappa shape index (κ1) is 14.8. The minimum absolute atomic E-state index is 0.124. The Labute approximate surface area is 119 Å². The maximum Gasteiger partial charge on any atom is 0.326 e. The standard InChI is InChI=1S/C13H15FN2O3S/c14-9-3-1-8(2-4-9)7-10(13(18)19)16-11(17)12-15-5-6-20-12/h1-4,10,12,15H,5-7H2,(H,16,17)(H,18,19)/t10-,12-/m0/s1. The Kier molecular flexibility index (Phi) is 4.97. The second-order valence-electron chi connectivity index (χ2n) is 4.43. The first-order chi connectivity index (χ1) is 9.56. The number of rotatable bonds is 5. The fourth-order valence-corrected chi connectivity index (χ4v) is 2.82. The molecule has 108 valence electrons. The average Bonchev–Trinajstić information content (AvgIpc) is 2.94. The summed E-state index contributed by atoms with van der Waals surface area (Å²) in [5, 5.41) is 14.3. The summed E-state index contributed by atoms with van der Waals surface area (Å²) in [6.07, 6.45) is 0.124. The number of hydrogen-bond acceptors (Lipinski definition) is 4. The minimum atomic E-state index is -1.11. The molecule has 2 atom stereocenters. The van der Waals surface area contributed by atoms with Crippen LogP contribution in [-0.4, -0.2) is 40.7 Å². The molecule has 1 aliphatic rings. The van der Waals surface area contributed by atoms with E-state index in [1.54, 1.807) is 0 Å². The monoisotopic (exact) mass is 298 g/mol. The third kappa shape index (κ3) is 3.94. The molecule has 2 rings (SSSR count). The quantitative estimate of drug-likeness (QED) is 0.742. The molecule has 1 aromatic carbocycles. The number of aliphatic carboxylic acids is 1. The number of carboxylic acids is 1. The zero-order valence-corrected chi connectivity index (χ0v) is 11.5. The Hall–Kier alpha value is -1.60. The number of halogens is 1. The van der Waals surface area contributed by atoms with Crippen molar-refractivity contribution in [3.8, 4) is 0 Å². The number of carbonyl (C=O) groups excluding carboxylic acids is 1. The topological polar surface area (TPSA) is 78.4 Å². The van der Waals surface area contributed by atoms with Gasteiger partial charge < -0.3 is 10.4 Å². The Morgan fingerprint density at radius 3 is 2.70 bits per heavy atom. The average molecular weight is 298 g/mol. The number of carbonyl (C=O) groups is 2. The van der Waals surface area contributed by atoms with Gasteiger partial charge in [0.1, 0.15) is 17.2 Å². The maximum atomic E-state index is 12.8. The van der Waals surface area contributed by atoms with Crippen LogP contribution >= 0.6 is 11.8 Å². The van der Waals surface area contributed by atoms with Crippen molar-refractivity contribution in [1.82, 2.24) is 10.6 Å². The summed E-state index contributed by atoms with van der Waals surface area (Å²) >= 11 is 1.45. The molecular weight excluding hydrogens is 283 g/mol. The van der Waals surface area contributed by atoms with Crippen LogP contribution in [0.25, 0.3) is 0 Å². The molecule has 20 heavy (non-hydrogen) atoms. The molecule has 0 bridgehead atoms. The second kappa shape index (κ2) is 6.71. The number of benzene rings is 1. The molecule has 0 radical (unpaired) electrons. The van der Waals surface area contributed by atoms with E-state index in [9.17, 15) is 14.0 Å². The van der Waals surface area contributed by atoms with Crippen LogP contribution in [0.2, 0.25) is 0 Å². The van der Waals surface area contributed by atoms with Crippen LogP contribution in [0, 0.1) is 5.82 Å². The lowest BCUT2D eigenvalue weighted by Gasteiger charge is -2.17. The number of hydrogen-bond donors (Lipinski definition) is 3. The lowest BCUT2D eigenvalue weighted by atomic mass is 10.1. The first-order valence-corrected chi connectivity index (χ1v) is 7.24. The zero-order chi connectivity index (χ0) is 14.5. The van der Waals surface area contributed by atoms with E-state index in [1.165, 1.54) is 36.0 Å². The van der Waals surface area contributed by atoms with Gasteiger partial charge in [0.15, 0.2) is 0 Å². The van der Waals surface area contributed by atoms with E-state index in [1.807, 2.05) is 0 Å². The Morgan fingerprint density at radius 1 is 1.45 bits per heavy atom. The molecule has 0 spiro atoms.